The molecule has 12 unspecified atom stereocenters. The van der Waals surface area contributed by atoms with Gasteiger partial charge in [-0.05, 0) is 96.7 Å². The topological polar surface area (TPSA) is 61.7 Å². The summed E-state index contributed by atoms with van der Waals surface area (Å²) in [6, 6.07) is 0. The van der Waals surface area contributed by atoms with E-state index in [1.165, 1.54) is 12.8 Å². The molecule has 0 aromatic rings. The summed E-state index contributed by atoms with van der Waals surface area (Å²) in [7, 11) is 0. The maximum absolute atomic E-state index is 12.7. The fourth-order valence-corrected chi connectivity index (χ4v) is 11.9. The molecule has 1 heterocycles. The van der Waals surface area contributed by atoms with Gasteiger partial charge in [0.2, 0.25) is 0 Å². The van der Waals surface area contributed by atoms with Crippen molar-refractivity contribution < 1.29 is 28.1 Å². The smallest absolute Gasteiger partial charge is 0.393 e. The highest BCUT2D eigenvalue weighted by molar-refractivity contribution is 5.32. The number of fused-ring (bicyclic) bond motifs is 4. The highest BCUT2D eigenvalue weighted by atomic mass is 19.4. The van der Waals surface area contributed by atoms with Crippen LogP contribution in [0.4, 0.5) is 13.2 Å². The molecule has 12 atom stereocenters. The summed E-state index contributed by atoms with van der Waals surface area (Å²) in [5.41, 5.74) is 0.180. The summed E-state index contributed by atoms with van der Waals surface area (Å²) < 4.78 is 44.6. The first-order valence-electron chi connectivity index (χ1n) is 14.4. The fourth-order valence-electron chi connectivity index (χ4n) is 11.9. The van der Waals surface area contributed by atoms with Crippen LogP contribution in [0.25, 0.3) is 0 Å². The summed E-state index contributed by atoms with van der Waals surface area (Å²) >= 11 is 0. The van der Waals surface area contributed by atoms with Crippen LogP contribution in [0.5, 0.6) is 0 Å². The van der Waals surface area contributed by atoms with Crippen molar-refractivity contribution in [3.05, 3.63) is 0 Å². The first kappa shape index (κ1) is 25.9. The van der Waals surface area contributed by atoms with Crippen LogP contribution in [0, 0.1) is 50.7 Å². The molecule has 4 nitrogen and oxygen atoms in total. The number of hydrogen-bond acceptors (Lipinski definition) is 4. The number of alkyl halides is 3. The van der Waals surface area contributed by atoms with E-state index >= 15 is 0 Å². The lowest BCUT2D eigenvalue weighted by atomic mass is 9.41. The molecule has 0 aromatic heterocycles. The zero-order valence-electron chi connectivity index (χ0n) is 22.6. The molecule has 6 aliphatic rings. The number of ether oxygens (including phenoxy) is 1. The maximum atomic E-state index is 12.7. The molecule has 5 aliphatic carbocycles. The number of nitrogens with one attached hydrogen (secondary N) is 1. The first-order chi connectivity index (χ1) is 16.6. The average Bonchev–Trinajstić information content (AvgIpc) is 3.41. The lowest BCUT2D eigenvalue weighted by Gasteiger charge is -2.63. The standard InChI is InChI=1S/C29H46F3NO3/c1-16-12-17(13-33-15-29(30,31)32)36-22-21(16)25(4)10-11-28-14-27(28)9-8-20(34)24(2,3)18(27)6-7-19(28)26(25,5)23(22)35/h16-23,33-35H,6-15H2,1-5H3. The van der Waals surface area contributed by atoms with Crippen LogP contribution in [0.1, 0.15) is 86.0 Å². The second-order valence-corrected chi connectivity index (χ2v) is 14.9. The van der Waals surface area contributed by atoms with Crippen LogP contribution in [-0.2, 0) is 4.74 Å². The third-order valence-corrected chi connectivity index (χ3v) is 13.6. The molecule has 0 aromatic carbocycles. The minimum absolute atomic E-state index is 0.0445. The summed E-state index contributed by atoms with van der Waals surface area (Å²) in [5, 5.41) is 25.5. The molecule has 1 saturated heterocycles. The van der Waals surface area contributed by atoms with Crippen LogP contribution >= 0.6 is 0 Å². The van der Waals surface area contributed by atoms with Gasteiger partial charge in [0.25, 0.3) is 0 Å². The van der Waals surface area contributed by atoms with Crippen molar-refractivity contribution >= 4 is 0 Å². The van der Waals surface area contributed by atoms with Crippen LogP contribution in [0.3, 0.4) is 0 Å². The van der Waals surface area contributed by atoms with E-state index in [0.717, 1.165) is 38.5 Å². The molecule has 206 valence electrons. The van der Waals surface area contributed by atoms with Gasteiger partial charge in [0, 0.05) is 12.0 Å². The molecule has 0 amide bonds. The molecular weight excluding hydrogens is 467 g/mol. The van der Waals surface area contributed by atoms with Crippen LogP contribution in [0.2, 0.25) is 0 Å². The number of rotatable bonds is 3. The van der Waals surface area contributed by atoms with Crippen molar-refractivity contribution in [2.75, 3.05) is 13.1 Å². The van der Waals surface area contributed by atoms with E-state index in [1.54, 1.807) is 0 Å². The minimum atomic E-state index is -4.23. The van der Waals surface area contributed by atoms with E-state index in [0.29, 0.717) is 23.2 Å². The minimum Gasteiger partial charge on any atom is -0.393 e. The van der Waals surface area contributed by atoms with Gasteiger partial charge in [0.05, 0.1) is 31.0 Å². The van der Waals surface area contributed by atoms with E-state index < -0.39 is 18.8 Å². The van der Waals surface area contributed by atoms with Gasteiger partial charge >= 0.3 is 6.18 Å². The van der Waals surface area contributed by atoms with Gasteiger partial charge in [-0.1, -0.05) is 34.6 Å². The predicted molar refractivity (Wildman–Crippen MR) is 131 cm³/mol. The lowest BCUT2D eigenvalue weighted by Crippen LogP contribution is -2.59. The molecular formula is C29H46F3NO3. The van der Waals surface area contributed by atoms with Gasteiger partial charge in [-0.25, -0.2) is 0 Å². The maximum Gasteiger partial charge on any atom is 0.401 e. The van der Waals surface area contributed by atoms with Gasteiger partial charge in [0.1, 0.15) is 0 Å². The Labute approximate surface area is 214 Å². The quantitative estimate of drug-likeness (QED) is 0.479. The molecule has 1 aliphatic heterocycles. The molecule has 5 saturated carbocycles. The Kier molecular flexibility index (Phi) is 5.49. The number of aliphatic hydroxyl groups excluding tert-OH is 2. The van der Waals surface area contributed by atoms with Crippen molar-refractivity contribution in [1.29, 1.82) is 0 Å². The monoisotopic (exact) mass is 513 g/mol. The summed E-state index contributed by atoms with van der Waals surface area (Å²) in [6.07, 6.45) is 2.77. The van der Waals surface area contributed by atoms with Crippen molar-refractivity contribution in [2.45, 2.75) is 117 Å². The van der Waals surface area contributed by atoms with E-state index in [2.05, 4.69) is 39.9 Å². The lowest BCUT2D eigenvalue weighted by molar-refractivity contribution is -0.182. The van der Waals surface area contributed by atoms with Crippen molar-refractivity contribution in [1.82, 2.24) is 5.32 Å². The summed E-state index contributed by atoms with van der Waals surface area (Å²) in [6.45, 7) is 10.7. The summed E-state index contributed by atoms with van der Waals surface area (Å²) in [4.78, 5) is 0. The largest absolute Gasteiger partial charge is 0.401 e. The van der Waals surface area contributed by atoms with Gasteiger partial charge in [-0.2, -0.15) is 13.2 Å². The Morgan fingerprint density at radius 2 is 1.61 bits per heavy atom. The van der Waals surface area contributed by atoms with Crippen LogP contribution < -0.4 is 5.32 Å². The Morgan fingerprint density at radius 1 is 0.944 bits per heavy atom. The Bertz CT molecular complexity index is 911. The molecule has 3 N–H and O–H groups in total. The van der Waals surface area contributed by atoms with Crippen molar-refractivity contribution in [3.8, 4) is 0 Å². The van der Waals surface area contributed by atoms with Crippen molar-refractivity contribution in [2.24, 2.45) is 50.7 Å². The van der Waals surface area contributed by atoms with Crippen LogP contribution in [0.15, 0.2) is 0 Å². The molecule has 7 heteroatoms. The number of aliphatic hydroxyl groups is 2. The van der Waals surface area contributed by atoms with Gasteiger partial charge in [-0.3, -0.25) is 0 Å². The third-order valence-electron chi connectivity index (χ3n) is 13.6. The van der Waals surface area contributed by atoms with Gasteiger partial charge in [-0.15, -0.1) is 0 Å². The van der Waals surface area contributed by atoms with Crippen LogP contribution in [-0.4, -0.2) is 53.9 Å². The van der Waals surface area contributed by atoms with Gasteiger partial charge < -0.3 is 20.3 Å². The van der Waals surface area contributed by atoms with E-state index in [1.807, 2.05) is 0 Å². The van der Waals surface area contributed by atoms with E-state index in [9.17, 15) is 23.4 Å². The van der Waals surface area contributed by atoms with E-state index in [4.69, 9.17) is 4.74 Å². The Hall–Kier alpha value is -0.370. The predicted octanol–water partition coefficient (Wildman–Crippen LogP) is 5.31. The average molecular weight is 514 g/mol. The number of hydrogen-bond donors (Lipinski definition) is 3. The van der Waals surface area contributed by atoms with Gasteiger partial charge in [0.15, 0.2) is 0 Å². The molecule has 0 radical (unpaired) electrons. The third kappa shape index (κ3) is 3.03. The SMILES string of the molecule is CC1CC(CNCC(F)(F)F)OC2C1C1(C)CCC34CC35CCC(O)C(C)(C)C5CCC4C1(C)C2O. The zero-order chi connectivity index (χ0) is 26.1. The highest BCUT2D eigenvalue weighted by Crippen LogP contribution is 2.89. The molecule has 36 heavy (non-hydrogen) atoms. The number of halogens is 3. The highest BCUT2D eigenvalue weighted by Gasteiger charge is 2.84. The Morgan fingerprint density at radius 3 is 2.31 bits per heavy atom. The van der Waals surface area contributed by atoms with E-state index in [-0.39, 0.29) is 52.4 Å². The molecule has 6 rings (SSSR count). The second kappa shape index (κ2) is 7.63. The second-order valence-electron chi connectivity index (χ2n) is 14.9. The zero-order valence-corrected chi connectivity index (χ0v) is 22.6. The van der Waals surface area contributed by atoms with Crippen molar-refractivity contribution in [3.63, 3.8) is 0 Å². The molecule has 2 spiro atoms. The fraction of sp³-hybridized carbons (Fsp3) is 1.00. The molecule has 0 bridgehead atoms. The normalized spacial score (nSPS) is 57.2. The molecule has 6 fully saturated rings. The summed E-state index contributed by atoms with van der Waals surface area (Å²) in [5.74, 6) is 1.50. The first-order valence-corrected chi connectivity index (χ1v) is 14.4. The Balaban J connectivity index is 1.28.